The average Bonchev–Trinajstić information content (AvgIpc) is 2.39. The molecular weight excluding hydrogens is 384 g/mol. The number of hydrogen-bond acceptors (Lipinski definition) is 4. The van der Waals surface area contributed by atoms with E-state index >= 15 is 0 Å². The summed E-state index contributed by atoms with van der Waals surface area (Å²) in [5.74, 6) is -0.446. The van der Waals surface area contributed by atoms with E-state index in [4.69, 9.17) is 21.5 Å². The van der Waals surface area contributed by atoms with E-state index in [0.29, 0.717) is 13.0 Å². The number of hydrogen-bond donors (Lipinski definition) is 2. The second kappa shape index (κ2) is 7.55. The molecule has 0 heterocycles. The van der Waals surface area contributed by atoms with Crippen LogP contribution < -0.4 is 10.5 Å². The summed E-state index contributed by atoms with van der Waals surface area (Å²) >= 11 is 8.97. The van der Waals surface area contributed by atoms with E-state index in [-0.39, 0.29) is 26.0 Å². The number of rotatable bonds is 6. The van der Waals surface area contributed by atoms with Crippen LogP contribution in [0.2, 0.25) is 5.02 Å². The van der Waals surface area contributed by atoms with Gasteiger partial charge in [-0.1, -0.05) is 18.5 Å². The molecule has 1 rings (SSSR count). The lowest BCUT2D eigenvalue weighted by molar-refractivity contribution is 0.0894. The van der Waals surface area contributed by atoms with E-state index < -0.39 is 15.9 Å². The summed E-state index contributed by atoms with van der Waals surface area (Å²) in [6.07, 6.45) is 0.673. The second-order valence-corrected chi connectivity index (χ2v) is 7.08. The van der Waals surface area contributed by atoms with Crippen molar-refractivity contribution in [1.82, 2.24) is 5.32 Å². The predicted molar refractivity (Wildman–Crippen MR) is 83.9 cm³/mol. The Balaban J connectivity index is 3.14. The molecule has 0 aliphatic heterocycles. The Morgan fingerprint density at radius 3 is 2.62 bits per heavy atom. The highest BCUT2D eigenvalue weighted by atomic mass is 79.9. The number of sulfonamides is 1. The van der Waals surface area contributed by atoms with Crippen molar-refractivity contribution in [1.29, 1.82) is 0 Å². The predicted octanol–water partition coefficient (Wildman–Crippen LogP) is 1.90. The Morgan fingerprint density at radius 2 is 2.14 bits per heavy atom. The SMILES string of the molecule is CCC(COC)NC(=O)c1cc(Cl)c(Br)c(S(N)(=O)=O)c1. The zero-order valence-corrected chi connectivity index (χ0v) is 14.7. The maximum Gasteiger partial charge on any atom is 0.251 e. The molecule has 1 aromatic rings. The fraction of sp³-hybridized carbons (Fsp3) is 0.417. The van der Waals surface area contributed by atoms with E-state index in [0.717, 1.165) is 0 Å². The third-order valence-corrected chi connectivity index (χ3v) is 5.34. The van der Waals surface area contributed by atoms with E-state index in [1.54, 1.807) is 0 Å². The van der Waals surface area contributed by atoms with Gasteiger partial charge in [-0.25, -0.2) is 13.6 Å². The Bertz CT molecular complexity index is 636. The van der Waals surface area contributed by atoms with Crippen LogP contribution in [-0.2, 0) is 14.8 Å². The number of nitrogens with one attached hydrogen (secondary N) is 1. The second-order valence-electron chi connectivity index (χ2n) is 4.35. The normalized spacial score (nSPS) is 13.0. The fourth-order valence-corrected chi connectivity index (χ4v) is 3.47. The van der Waals surface area contributed by atoms with E-state index in [1.165, 1.54) is 19.2 Å². The minimum Gasteiger partial charge on any atom is -0.383 e. The first-order valence-corrected chi connectivity index (χ1v) is 8.74. The molecule has 1 amide bonds. The van der Waals surface area contributed by atoms with Crippen LogP contribution in [-0.4, -0.2) is 34.1 Å². The number of benzene rings is 1. The van der Waals surface area contributed by atoms with Crippen LogP contribution in [0.3, 0.4) is 0 Å². The van der Waals surface area contributed by atoms with Gasteiger partial charge in [-0.05, 0) is 34.5 Å². The minimum absolute atomic E-state index is 0.0893. The number of methoxy groups -OCH3 is 1. The number of ether oxygens (including phenoxy) is 1. The molecule has 0 fully saturated rings. The first-order valence-electron chi connectivity index (χ1n) is 6.02. The third kappa shape index (κ3) is 4.93. The molecule has 1 aromatic carbocycles. The minimum atomic E-state index is -3.99. The largest absolute Gasteiger partial charge is 0.383 e. The highest BCUT2D eigenvalue weighted by Gasteiger charge is 2.20. The molecule has 0 aliphatic rings. The van der Waals surface area contributed by atoms with Gasteiger partial charge >= 0.3 is 0 Å². The van der Waals surface area contributed by atoms with Gasteiger partial charge in [-0.15, -0.1) is 0 Å². The molecular formula is C12H16BrClN2O4S. The lowest BCUT2D eigenvalue weighted by atomic mass is 10.1. The number of nitrogens with two attached hydrogens (primary N) is 1. The van der Waals surface area contributed by atoms with Gasteiger partial charge in [-0.2, -0.15) is 0 Å². The summed E-state index contributed by atoms with van der Waals surface area (Å²) in [5.41, 5.74) is 0.113. The summed E-state index contributed by atoms with van der Waals surface area (Å²) in [6, 6.07) is 2.37. The van der Waals surface area contributed by atoms with Crippen molar-refractivity contribution in [2.45, 2.75) is 24.3 Å². The summed E-state index contributed by atoms with van der Waals surface area (Å²) in [5, 5.41) is 7.93. The van der Waals surface area contributed by atoms with Crippen molar-refractivity contribution in [3.63, 3.8) is 0 Å². The first-order chi connectivity index (χ1) is 9.70. The number of halogens is 2. The van der Waals surface area contributed by atoms with Gasteiger partial charge in [0, 0.05) is 12.7 Å². The van der Waals surface area contributed by atoms with Crippen LogP contribution in [0.4, 0.5) is 0 Å². The van der Waals surface area contributed by atoms with Crippen LogP contribution in [0.15, 0.2) is 21.5 Å². The summed E-state index contributed by atoms with van der Waals surface area (Å²) in [6.45, 7) is 2.25. The number of carbonyl (C=O) groups excluding carboxylic acids is 1. The van der Waals surface area contributed by atoms with Gasteiger partial charge in [0.1, 0.15) is 0 Å². The Hall–Kier alpha value is -0.670. The first kappa shape index (κ1) is 18.4. The van der Waals surface area contributed by atoms with Crippen molar-refractivity contribution in [2.24, 2.45) is 5.14 Å². The molecule has 0 saturated heterocycles. The maximum absolute atomic E-state index is 12.2. The summed E-state index contributed by atoms with van der Waals surface area (Å²) in [4.78, 5) is 11.9. The Morgan fingerprint density at radius 1 is 1.52 bits per heavy atom. The van der Waals surface area contributed by atoms with Crippen molar-refractivity contribution >= 4 is 43.5 Å². The lowest BCUT2D eigenvalue weighted by Gasteiger charge is -2.16. The van der Waals surface area contributed by atoms with E-state index in [9.17, 15) is 13.2 Å². The molecule has 0 aliphatic carbocycles. The molecule has 0 spiro atoms. The molecule has 1 atom stereocenters. The summed E-state index contributed by atoms with van der Waals surface area (Å²) in [7, 11) is -2.46. The van der Waals surface area contributed by atoms with Gasteiger partial charge in [-0.3, -0.25) is 4.79 Å². The summed E-state index contributed by atoms with van der Waals surface area (Å²) < 4.78 is 28.1. The number of primary sulfonamides is 1. The van der Waals surface area contributed by atoms with E-state index in [1.807, 2.05) is 6.92 Å². The third-order valence-electron chi connectivity index (χ3n) is 2.76. The molecule has 3 N–H and O–H groups in total. The smallest absolute Gasteiger partial charge is 0.251 e. The molecule has 0 saturated carbocycles. The van der Waals surface area contributed by atoms with E-state index in [2.05, 4.69) is 21.2 Å². The monoisotopic (exact) mass is 398 g/mol. The van der Waals surface area contributed by atoms with Crippen LogP contribution in [0.25, 0.3) is 0 Å². The molecule has 1 unspecified atom stereocenters. The van der Waals surface area contributed by atoms with Gasteiger partial charge in [0.25, 0.3) is 5.91 Å². The highest BCUT2D eigenvalue weighted by Crippen LogP contribution is 2.30. The Kier molecular flexibility index (Phi) is 6.61. The quantitative estimate of drug-likeness (QED) is 0.763. The maximum atomic E-state index is 12.2. The fourth-order valence-electron chi connectivity index (χ4n) is 1.63. The van der Waals surface area contributed by atoms with Crippen LogP contribution >= 0.6 is 27.5 Å². The topological polar surface area (TPSA) is 98.5 Å². The highest BCUT2D eigenvalue weighted by molar-refractivity contribution is 9.10. The molecule has 0 aromatic heterocycles. The van der Waals surface area contributed by atoms with Gasteiger partial charge in [0.2, 0.25) is 10.0 Å². The molecule has 118 valence electrons. The number of amides is 1. The van der Waals surface area contributed by atoms with Crippen molar-refractivity contribution in [3.8, 4) is 0 Å². The Labute approximate surface area is 137 Å². The van der Waals surface area contributed by atoms with Crippen molar-refractivity contribution in [3.05, 3.63) is 27.2 Å². The molecule has 21 heavy (non-hydrogen) atoms. The zero-order valence-electron chi connectivity index (χ0n) is 11.5. The van der Waals surface area contributed by atoms with Crippen molar-refractivity contribution in [2.75, 3.05) is 13.7 Å². The standard InChI is InChI=1S/C12H16BrClN2O4S/c1-3-8(6-20-2)16-12(17)7-4-9(14)11(13)10(5-7)21(15,18)19/h4-5,8H,3,6H2,1-2H3,(H,16,17)(H2,15,18,19). The van der Waals surface area contributed by atoms with Crippen molar-refractivity contribution < 1.29 is 17.9 Å². The molecule has 6 nitrogen and oxygen atoms in total. The van der Waals surface area contributed by atoms with Gasteiger partial charge in [0.05, 0.1) is 27.0 Å². The zero-order chi connectivity index (χ0) is 16.2. The van der Waals surface area contributed by atoms with Crippen LogP contribution in [0, 0.1) is 0 Å². The lowest BCUT2D eigenvalue weighted by Crippen LogP contribution is -2.37. The molecule has 0 radical (unpaired) electrons. The van der Waals surface area contributed by atoms with Gasteiger partial charge in [0.15, 0.2) is 0 Å². The van der Waals surface area contributed by atoms with Gasteiger partial charge < -0.3 is 10.1 Å². The van der Waals surface area contributed by atoms with Crippen LogP contribution in [0.1, 0.15) is 23.7 Å². The molecule has 9 heteroatoms. The molecule has 0 bridgehead atoms. The average molecular weight is 400 g/mol. The number of carbonyl (C=O) groups is 1. The van der Waals surface area contributed by atoms with Crippen LogP contribution in [0.5, 0.6) is 0 Å².